The van der Waals surface area contributed by atoms with Crippen molar-refractivity contribution < 1.29 is 19.0 Å². The van der Waals surface area contributed by atoms with Crippen molar-refractivity contribution in [3.63, 3.8) is 0 Å². The topological polar surface area (TPSA) is 57.1 Å². The number of nitrogens with zero attached hydrogens (tertiary/aromatic N) is 1. The lowest BCUT2D eigenvalue weighted by molar-refractivity contribution is 0.232. The van der Waals surface area contributed by atoms with Gasteiger partial charge in [-0.3, -0.25) is 0 Å². The summed E-state index contributed by atoms with van der Waals surface area (Å²) >= 11 is 3.46. The Balaban J connectivity index is 2.77. The summed E-state index contributed by atoms with van der Waals surface area (Å²) in [4.78, 5) is 14.8. The molecule has 0 amide bonds. The van der Waals surface area contributed by atoms with E-state index in [1.54, 1.807) is 33.5 Å². The number of isocyanates is 1. The first-order chi connectivity index (χ1) is 9.63. The zero-order chi connectivity index (χ0) is 14.8. The Kier molecular flexibility index (Phi) is 4.35. The van der Waals surface area contributed by atoms with E-state index in [2.05, 4.69) is 20.9 Å². The Labute approximate surface area is 126 Å². The molecule has 1 aromatic carbocycles. The molecule has 0 aliphatic heterocycles. The van der Waals surface area contributed by atoms with E-state index in [1.165, 1.54) is 0 Å². The van der Waals surface area contributed by atoms with Crippen LogP contribution in [-0.2, 0) is 10.3 Å². The fourth-order valence-corrected chi connectivity index (χ4v) is 3.15. The fourth-order valence-electron chi connectivity index (χ4n) is 2.59. The molecule has 1 aromatic rings. The number of benzene rings is 1. The van der Waals surface area contributed by atoms with Gasteiger partial charge in [0.1, 0.15) is 11.3 Å². The lowest BCUT2D eigenvalue weighted by Crippen LogP contribution is -2.33. The van der Waals surface area contributed by atoms with E-state index in [9.17, 15) is 4.79 Å². The summed E-state index contributed by atoms with van der Waals surface area (Å²) in [5.74, 6) is 1.73. The van der Waals surface area contributed by atoms with Gasteiger partial charge in [-0.15, -0.1) is 0 Å². The maximum Gasteiger partial charge on any atom is 0.235 e. The minimum absolute atomic E-state index is 0.547. The Morgan fingerprint density at radius 1 is 1.20 bits per heavy atom. The van der Waals surface area contributed by atoms with Gasteiger partial charge in [0.15, 0.2) is 11.5 Å². The van der Waals surface area contributed by atoms with Crippen molar-refractivity contribution in [2.45, 2.75) is 24.8 Å². The Morgan fingerprint density at radius 3 is 2.25 bits per heavy atom. The first-order valence-electron chi connectivity index (χ1n) is 6.21. The molecule has 0 bridgehead atoms. The van der Waals surface area contributed by atoms with Crippen molar-refractivity contribution in [3.05, 3.63) is 16.1 Å². The van der Waals surface area contributed by atoms with Crippen LogP contribution in [-0.4, -0.2) is 27.4 Å². The van der Waals surface area contributed by atoms with Crippen LogP contribution < -0.4 is 14.2 Å². The highest BCUT2D eigenvalue weighted by Gasteiger charge is 2.45. The summed E-state index contributed by atoms with van der Waals surface area (Å²) in [7, 11) is 4.70. The van der Waals surface area contributed by atoms with Crippen LogP contribution in [0.4, 0.5) is 0 Å². The number of rotatable bonds is 5. The second kappa shape index (κ2) is 5.85. The molecule has 5 nitrogen and oxygen atoms in total. The molecular formula is C14H16BrNO4. The van der Waals surface area contributed by atoms with Gasteiger partial charge in [0.2, 0.25) is 6.08 Å². The standard InChI is InChI=1S/C14H16BrNO4/c1-18-10-7-9(15)12(19-2)11(13(10)20-3)14(16-8-17)5-4-6-14/h7H,4-6H2,1-3H3. The molecule has 1 fully saturated rings. The second-order valence-corrected chi connectivity index (χ2v) is 5.44. The van der Waals surface area contributed by atoms with Crippen molar-refractivity contribution in [1.29, 1.82) is 0 Å². The summed E-state index contributed by atoms with van der Waals surface area (Å²) in [6.07, 6.45) is 4.19. The van der Waals surface area contributed by atoms with Crippen LogP contribution in [0.25, 0.3) is 0 Å². The van der Waals surface area contributed by atoms with Crippen molar-refractivity contribution in [3.8, 4) is 17.2 Å². The quantitative estimate of drug-likeness (QED) is 0.609. The second-order valence-electron chi connectivity index (χ2n) is 4.59. The van der Waals surface area contributed by atoms with Gasteiger partial charge in [-0.2, -0.15) is 4.99 Å². The van der Waals surface area contributed by atoms with Crippen LogP contribution in [0.5, 0.6) is 17.2 Å². The predicted molar refractivity (Wildman–Crippen MR) is 77.4 cm³/mol. The van der Waals surface area contributed by atoms with E-state index in [0.717, 1.165) is 29.3 Å². The Hall–Kier alpha value is -1.52. The molecule has 0 saturated heterocycles. The molecule has 0 spiro atoms. The SMILES string of the molecule is COc1cc(Br)c(OC)c(C2(N=C=O)CCC2)c1OC. The number of aliphatic imine (C=N–C) groups is 1. The van der Waals surface area contributed by atoms with E-state index in [-0.39, 0.29) is 0 Å². The molecule has 0 aromatic heterocycles. The average Bonchev–Trinajstić information content (AvgIpc) is 2.41. The molecule has 0 radical (unpaired) electrons. The minimum Gasteiger partial charge on any atom is -0.495 e. The molecule has 2 rings (SSSR count). The van der Waals surface area contributed by atoms with Gasteiger partial charge < -0.3 is 14.2 Å². The summed E-state index contributed by atoms with van der Waals surface area (Å²) in [5.41, 5.74) is 0.110. The van der Waals surface area contributed by atoms with Crippen LogP contribution >= 0.6 is 15.9 Å². The van der Waals surface area contributed by atoms with Crippen LogP contribution in [0.1, 0.15) is 24.8 Å². The molecule has 108 valence electrons. The van der Waals surface area contributed by atoms with Crippen LogP contribution in [0, 0.1) is 0 Å². The van der Waals surface area contributed by atoms with Gasteiger partial charge in [0.25, 0.3) is 0 Å². The van der Waals surface area contributed by atoms with Gasteiger partial charge in [0.05, 0.1) is 31.4 Å². The van der Waals surface area contributed by atoms with E-state index in [1.807, 2.05) is 0 Å². The van der Waals surface area contributed by atoms with Gasteiger partial charge in [-0.05, 0) is 35.2 Å². The summed E-state index contributed by atoms with van der Waals surface area (Å²) in [6, 6.07) is 1.78. The van der Waals surface area contributed by atoms with E-state index in [4.69, 9.17) is 14.2 Å². The van der Waals surface area contributed by atoms with Gasteiger partial charge in [0, 0.05) is 6.07 Å². The molecule has 0 atom stereocenters. The molecule has 1 aliphatic rings. The molecule has 1 aliphatic carbocycles. The maximum atomic E-state index is 10.8. The highest BCUT2D eigenvalue weighted by Crippen LogP contribution is 2.56. The number of hydrogen-bond acceptors (Lipinski definition) is 5. The summed E-state index contributed by atoms with van der Waals surface area (Å²) in [5, 5.41) is 0. The smallest absolute Gasteiger partial charge is 0.235 e. The van der Waals surface area contributed by atoms with Crippen molar-refractivity contribution >= 4 is 22.0 Å². The normalized spacial score (nSPS) is 15.8. The zero-order valence-electron chi connectivity index (χ0n) is 11.7. The summed E-state index contributed by atoms with van der Waals surface area (Å²) < 4.78 is 17.0. The molecular weight excluding hydrogens is 326 g/mol. The highest BCUT2D eigenvalue weighted by molar-refractivity contribution is 9.10. The van der Waals surface area contributed by atoms with Gasteiger partial charge in [-0.25, -0.2) is 4.79 Å². The zero-order valence-corrected chi connectivity index (χ0v) is 13.2. The maximum absolute atomic E-state index is 10.8. The number of halogens is 1. The van der Waals surface area contributed by atoms with Crippen LogP contribution in [0.2, 0.25) is 0 Å². The molecule has 0 heterocycles. The van der Waals surface area contributed by atoms with Crippen molar-refractivity contribution in [2.24, 2.45) is 4.99 Å². The number of ether oxygens (including phenoxy) is 3. The van der Waals surface area contributed by atoms with Crippen LogP contribution in [0.3, 0.4) is 0 Å². The average molecular weight is 342 g/mol. The Morgan fingerprint density at radius 2 is 1.85 bits per heavy atom. The summed E-state index contributed by atoms with van der Waals surface area (Å²) in [6.45, 7) is 0. The van der Waals surface area contributed by atoms with E-state index < -0.39 is 5.54 Å². The van der Waals surface area contributed by atoms with E-state index >= 15 is 0 Å². The molecule has 6 heteroatoms. The van der Waals surface area contributed by atoms with Crippen molar-refractivity contribution in [2.75, 3.05) is 21.3 Å². The van der Waals surface area contributed by atoms with Gasteiger partial charge in [-0.1, -0.05) is 0 Å². The van der Waals surface area contributed by atoms with Crippen molar-refractivity contribution in [1.82, 2.24) is 0 Å². The number of methoxy groups -OCH3 is 3. The highest BCUT2D eigenvalue weighted by atomic mass is 79.9. The lowest BCUT2D eigenvalue weighted by atomic mass is 9.71. The first-order valence-corrected chi connectivity index (χ1v) is 7.00. The molecule has 0 N–H and O–H groups in total. The predicted octanol–water partition coefficient (Wildman–Crippen LogP) is 3.19. The third-order valence-electron chi connectivity index (χ3n) is 3.69. The minimum atomic E-state index is -0.629. The van der Waals surface area contributed by atoms with Gasteiger partial charge >= 0.3 is 0 Å². The first kappa shape index (κ1) is 14.9. The number of carbonyl (C=O) groups excluding carboxylic acids is 1. The fraction of sp³-hybridized carbons (Fsp3) is 0.500. The number of hydrogen-bond donors (Lipinski definition) is 0. The third kappa shape index (κ3) is 2.19. The third-order valence-corrected chi connectivity index (χ3v) is 4.28. The molecule has 20 heavy (non-hydrogen) atoms. The molecule has 0 unspecified atom stereocenters. The largest absolute Gasteiger partial charge is 0.495 e. The Bertz CT molecular complexity index is 563. The van der Waals surface area contributed by atoms with E-state index in [0.29, 0.717) is 17.2 Å². The molecule has 1 saturated carbocycles. The van der Waals surface area contributed by atoms with Crippen LogP contribution in [0.15, 0.2) is 15.5 Å². The monoisotopic (exact) mass is 341 g/mol. The lowest BCUT2D eigenvalue weighted by Gasteiger charge is -2.39.